The molecule has 2 atom stereocenters. The number of halogens is 1. The van der Waals surface area contributed by atoms with E-state index in [0.717, 1.165) is 19.5 Å². The number of aryl methyl sites for hydroxylation is 1. The number of nitrogens with zero attached hydrogens (tertiary/aromatic N) is 2. The number of nitrogens with one attached hydrogen (secondary N) is 1. The molecule has 0 saturated carbocycles. The van der Waals surface area contributed by atoms with Gasteiger partial charge in [-0.1, -0.05) is 0 Å². The van der Waals surface area contributed by atoms with E-state index >= 15 is 0 Å². The highest BCUT2D eigenvalue weighted by atomic mass is 35.5. The summed E-state index contributed by atoms with van der Waals surface area (Å²) in [6.45, 7) is 2.93. The van der Waals surface area contributed by atoms with Crippen molar-refractivity contribution in [1.29, 1.82) is 0 Å². The fourth-order valence-electron chi connectivity index (χ4n) is 3.29. The first-order valence-electron chi connectivity index (χ1n) is 7.06. The van der Waals surface area contributed by atoms with Gasteiger partial charge < -0.3 is 15.6 Å². The van der Waals surface area contributed by atoms with Crippen molar-refractivity contribution in [2.75, 3.05) is 26.2 Å². The van der Waals surface area contributed by atoms with Crippen LogP contribution in [-0.4, -0.2) is 49.4 Å². The maximum atomic E-state index is 12.7. The third-order valence-electron chi connectivity index (χ3n) is 4.54. The quantitative estimate of drug-likeness (QED) is 0.788. The SMILES string of the molecule is Cl.Cn1cc(S(=O)(=O)N2CCC3CNCC3C2)cc1C(N)=O. The monoisotopic (exact) mass is 348 g/mol. The predicted molar refractivity (Wildman–Crippen MR) is 84.4 cm³/mol. The summed E-state index contributed by atoms with van der Waals surface area (Å²) in [7, 11) is -1.94. The van der Waals surface area contributed by atoms with Crippen LogP contribution in [0.25, 0.3) is 0 Å². The van der Waals surface area contributed by atoms with Crippen LogP contribution < -0.4 is 11.1 Å². The molecular weight excluding hydrogens is 328 g/mol. The number of piperidine rings is 1. The number of fused-ring (bicyclic) bond motifs is 1. The van der Waals surface area contributed by atoms with Crippen molar-refractivity contribution in [3.05, 3.63) is 18.0 Å². The first-order valence-corrected chi connectivity index (χ1v) is 8.50. The van der Waals surface area contributed by atoms with Gasteiger partial charge in [0, 0.05) is 26.3 Å². The van der Waals surface area contributed by atoms with Crippen LogP contribution in [0.4, 0.5) is 0 Å². The Kier molecular flexibility index (Phi) is 4.86. The molecular formula is C13H21ClN4O3S. The second-order valence-corrected chi connectivity index (χ2v) is 7.80. The lowest BCUT2D eigenvalue weighted by Gasteiger charge is -2.33. The van der Waals surface area contributed by atoms with E-state index in [1.807, 2.05) is 0 Å². The number of hydrogen-bond donors (Lipinski definition) is 2. The number of carbonyl (C=O) groups excluding carboxylic acids is 1. The first-order chi connectivity index (χ1) is 9.89. The van der Waals surface area contributed by atoms with Crippen molar-refractivity contribution >= 4 is 28.3 Å². The predicted octanol–water partition coefficient (Wildman–Crippen LogP) is -0.224. The molecule has 22 heavy (non-hydrogen) atoms. The molecule has 9 heteroatoms. The van der Waals surface area contributed by atoms with Gasteiger partial charge in [0.15, 0.2) is 0 Å². The standard InChI is InChI=1S/C13H20N4O3S.ClH/c1-16-8-11(4-12(16)13(14)18)21(19,20)17-3-2-9-5-15-6-10(9)7-17;/h4,8-10,15H,2-3,5-7H2,1H3,(H2,14,18);1H. The number of nitrogens with two attached hydrogens (primary N) is 1. The molecule has 2 aliphatic rings. The van der Waals surface area contributed by atoms with Gasteiger partial charge >= 0.3 is 0 Å². The Hall–Kier alpha value is -1.09. The minimum absolute atomic E-state index is 0. The van der Waals surface area contributed by atoms with Crippen LogP contribution in [0.5, 0.6) is 0 Å². The highest BCUT2D eigenvalue weighted by Gasteiger charge is 2.38. The molecule has 3 heterocycles. The van der Waals surface area contributed by atoms with E-state index in [9.17, 15) is 13.2 Å². The molecule has 1 amide bonds. The molecule has 0 bridgehead atoms. The Labute approximate surface area is 136 Å². The zero-order valence-corrected chi connectivity index (χ0v) is 14.0. The number of primary amides is 1. The summed E-state index contributed by atoms with van der Waals surface area (Å²) in [4.78, 5) is 11.4. The second-order valence-electron chi connectivity index (χ2n) is 5.87. The van der Waals surface area contributed by atoms with Gasteiger partial charge in [0.2, 0.25) is 10.0 Å². The number of hydrogen-bond acceptors (Lipinski definition) is 4. The van der Waals surface area contributed by atoms with E-state index in [4.69, 9.17) is 5.73 Å². The lowest BCUT2D eigenvalue weighted by atomic mass is 9.90. The molecule has 1 aromatic heterocycles. The second kappa shape index (κ2) is 6.19. The van der Waals surface area contributed by atoms with Crippen molar-refractivity contribution in [3.63, 3.8) is 0 Å². The first kappa shape index (κ1) is 17.3. The maximum absolute atomic E-state index is 12.7. The minimum atomic E-state index is -3.56. The molecule has 2 saturated heterocycles. The summed E-state index contributed by atoms with van der Waals surface area (Å²) in [5, 5.41) is 3.32. The van der Waals surface area contributed by atoms with Crippen LogP contribution in [0.2, 0.25) is 0 Å². The van der Waals surface area contributed by atoms with E-state index in [-0.39, 0.29) is 23.0 Å². The highest BCUT2D eigenvalue weighted by molar-refractivity contribution is 7.89. The molecule has 0 spiro atoms. The van der Waals surface area contributed by atoms with Gasteiger partial charge in [0.25, 0.3) is 5.91 Å². The molecule has 3 N–H and O–H groups in total. The maximum Gasteiger partial charge on any atom is 0.265 e. The summed E-state index contributed by atoms with van der Waals surface area (Å²) < 4.78 is 28.4. The molecule has 2 aliphatic heterocycles. The van der Waals surface area contributed by atoms with Crippen molar-refractivity contribution in [2.45, 2.75) is 11.3 Å². The number of aromatic nitrogens is 1. The lowest BCUT2D eigenvalue weighted by Crippen LogP contribution is -2.43. The van der Waals surface area contributed by atoms with E-state index in [0.29, 0.717) is 24.9 Å². The van der Waals surface area contributed by atoms with Gasteiger partial charge in [0.05, 0.1) is 0 Å². The summed E-state index contributed by atoms with van der Waals surface area (Å²) >= 11 is 0. The molecule has 0 radical (unpaired) electrons. The third kappa shape index (κ3) is 2.88. The average molecular weight is 349 g/mol. The Bertz CT molecular complexity index is 673. The normalized spacial score (nSPS) is 25.5. The van der Waals surface area contributed by atoms with Crippen LogP contribution in [0.3, 0.4) is 0 Å². The van der Waals surface area contributed by atoms with E-state index in [1.165, 1.54) is 21.1 Å². The van der Waals surface area contributed by atoms with E-state index < -0.39 is 15.9 Å². The summed E-state index contributed by atoms with van der Waals surface area (Å²) in [6, 6.07) is 1.36. The Morgan fingerprint density at radius 2 is 2.05 bits per heavy atom. The number of carbonyl (C=O) groups is 1. The van der Waals surface area contributed by atoms with Gasteiger partial charge in [0.1, 0.15) is 10.6 Å². The number of amides is 1. The fourth-order valence-corrected chi connectivity index (χ4v) is 4.87. The average Bonchev–Trinajstić information content (AvgIpc) is 3.03. The summed E-state index contributed by atoms with van der Waals surface area (Å²) in [6.07, 6.45) is 2.33. The van der Waals surface area contributed by atoms with Crippen molar-refractivity contribution in [2.24, 2.45) is 24.6 Å². The Balaban J connectivity index is 0.00000176. The van der Waals surface area contributed by atoms with Gasteiger partial charge in [-0.3, -0.25) is 4.79 Å². The molecule has 2 unspecified atom stereocenters. The van der Waals surface area contributed by atoms with Gasteiger partial charge in [-0.25, -0.2) is 8.42 Å². The zero-order valence-electron chi connectivity index (χ0n) is 12.4. The Morgan fingerprint density at radius 3 is 2.68 bits per heavy atom. The lowest BCUT2D eigenvalue weighted by molar-refractivity contribution is 0.0992. The summed E-state index contributed by atoms with van der Waals surface area (Å²) in [5.41, 5.74) is 5.44. The topological polar surface area (TPSA) is 97.4 Å². The smallest absolute Gasteiger partial charge is 0.265 e. The fraction of sp³-hybridized carbons (Fsp3) is 0.615. The summed E-state index contributed by atoms with van der Waals surface area (Å²) in [5.74, 6) is 0.332. The number of rotatable bonds is 3. The molecule has 2 fully saturated rings. The highest BCUT2D eigenvalue weighted by Crippen LogP contribution is 2.30. The molecule has 7 nitrogen and oxygen atoms in total. The number of sulfonamides is 1. The van der Waals surface area contributed by atoms with Gasteiger partial charge in [-0.05, 0) is 37.4 Å². The van der Waals surface area contributed by atoms with Crippen molar-refractivity contribution in [1.82, 2.24) is 14.2 Å². The van der Waals surface area contributed by atoms with Crippen molar-refractivity contribution < 1.29 is 13.2 Å². The minimum Gasteiger partial charge on any atom is -0.364 e. The molecule has 3 rings (SSSR count). The van der Waals surface area contributed by atoms with E-state index in [1.54, 1.807) is 7.05 Å². The van der Waals surface area contributed by atoms with Crippen LogP contribution in [-0.2, 0) is 17.1 Å². The molecule has 0 aliphatic carbocycles. The molecule has 0 aromatic carbocycles. The van der Waals surface area contributed by atoms with Crippen LogP contribution in [0.15, 0.2) is 17.2 Å². The van der Waals surface area contributed by atoms with Crippen LogP contribution in [0.1, 0.15) is 16.9 Å². The molecule has 1 aromatic rings. The van der Waals surface area contributed by atoms with E-state index in [2.05, 4.69) is 5.32 Å². The zero-order chi connectivity index (χ0) is 15.2. The van der Waals surface area contributed by atoms with Crippen molar-refractivity contribution in [3.8, 4) is 0 Å². The third-order valence-corrected chi connectivity index (χ3v) is 6.37. The van der Waals surface area contributed by atoms with Gasteiger partial charge in [-0.15, -0.1) is 12.4 Å². The largest absolute Gasteiger partial charge is 0.364 e. The van der Waals surface area contributed by atoms with Gasteiger partial charge in [-0.2, -0.15) is 4.31 Å². The van der Waals surface area contributed by atoms with Crippen LogP contribution >= 0.6 is 12.4 Å². The Morgan fingerprint density at radius 1 is 1.36 bits per heavy atom. The van der Waals surface area contributed by atoms with Crippen LogP contribution in [0, 0.1) is 11.8 Å². The molecule has 124 valence electrons.